The summed E-state index contributed by atoms with van der Waals surface area (Å²) in [4.78, 5) is 0. The molecular weight excluding hydrogens is 457 g/mol. The lowest BCUT2D eigenvalue weighted by molar-refractivity contribution is 0.686. The zero-order chi connectivity index (χ0) is 14.0. The van der Waals surface area contributed by atoms with Gasteiger partial charge in [-0.2, -0.15) is 0 Å². The Morgan fingerprint density at radius 3 is 2.32 bits per heavy atom. The maximum atomic E-state index is 6.00. The lowest BCUT2D eigenvalue weighted by atomic mass is 9.99. The molecule has 0 heterocycles. The Kier molecular flexibility index (Phi) is 5.49. The van der Waals surface area contributed by atoms with E-state index < -0.39 is 0 Å². The van der Waals surface area contributed by atoms with Crippen molar-refractivity contribution in [1.82, 2.24) is 5.32 Å². The largest absolute Gasteiger partial charge is 0.309 e. The van der Waals surface area contributed by atoms with E-state index in [4.69, 9.17) is 11.6 Å². The minimum absolute atomic E-state index is 0.0820. The van der Waals surface area contributed by atoms with E-state index in [2.05, 4.69) is 59.2 Å². The van der Waals surface area contributed by atoms with Crippen LogP contribution in [-0.4, -0.2) is 7.05 Å². The molecule has 2 aromatic rings. The molecule has 0 bridgehead atoms. The molecule has 0 aliphatic carbocycles. The molecule has 1 unspecified atom stereocenters. The summed E-state index contributed by atoms with van der Waals surface area (Å²) in [5.74, 6) is 0. The molecule has 100 valence electrons. The first-order chi connectivity index (χ1) is 9.02. The van der Waals surface area contributed by atoms with Crippen molar-refractivity contribution in [1.29, 1.82) is 0 Å². The molecule has 1 nitrogen and oxygen atoms in total. The average Bonchev–Trinajstić information content (AvgIpc) is 2.36. The van der Waals surface area contributed by atoms with Crippen molar-refractivity contribution in [3.63, 3.8) is 0 Å². The van der Waals surface area contributed by atoms with Gasteiger partial charge in [0.15, 0.2) is 0 Å². The van der Waals surface area contributed by atoms with Gasteiger partial charge >= 0.3 is 0 Å². The topological polar surface area (TPSA) is 12.0 Å². The highest BCUT2D eigenvalue weighted by Crippen LogP contribution is 2.35. The number of halogens is 4. The van der Waals surface area contributed by atoms with Crippen LogP contribution in [0, 0.1) is 0 Å². The van der Waals surface area contributed by atoms with Gasteiger partial charge in [0, 0.05) is 18.4 Å². The second kappa shape index (κ2) is 6.72. The van der Waals surface area contributed by atoms with E-state index in [0.29, 0.717) is 0 Å². The molecule has 0 aromatic heterocycles. The molecule has 19 heavy (non-hydrogen) atoms. The van der Waals surface area contributed by atoms with Crippen molar-refractivity contribution < 1.29 is 0 Å². The number of nitrogens with one attached hydrogen (secondary N) is 1. The first-order valence-corrected chi connectivity index (χ1v) is 8.35. The van der Waals surface area contributed by atoms with Gasteiger partial charge in [0.1, 0.15) is 0 Å². The average molecular weight is 468 g/mol. The highest BCUT2D eigenvalue weighted by atomic mass is 79.9. The van der Waals surface area contributed by atoms with Crippen LogP contribution in [-0.2, 0) is 0 Å². The first kappa shape index (κ1) is 15.5. The number of benzene rings is 2. The monoisotopic (exact) mass is 465 g/mol. The highest BCUT2D eigenvalue weighted by Gasteiger charge is 2.18. The summed E-state index contributed by atoms with van der Waals surface area (Å²) < 4.78 is 3.11. The van der Waals surface area contributed by atoms with Gasteiger partial charge in [0.25, 0.3) is 0 Å². The standard InChI is InChI=1S/C14H11Br3ClN/c1-19-14(10-4-3-9(18)7-13(10)17)11-6-8(15)2-5-12(11)16/h2-7,14,19H,1H3. The minimum Gasteiger partial charge on any atom is -0.309 e. The zero-order valence-corrected chi connectivity index (χ0v) is 15.6. The number of hydrogen-bond acceptors (Lipinski definition) is 1. The third-order valence-electron chi connectivity index (χ3n) is 2.83. The van der Waals surface area contributed by atoms with Crippen LogP contribution in [0.5, 0.6) is 0 Å². The Morgan fingerprint density at radius 1 is 0.947 bits per heavy atom. The molecule has 0 aliphatic heterocycles. The molecule has 0 fully saturated rings. The van der Waals surface area contributed by atoms with Crippen molar-refractivity contribution in [3.05, 3.63) is 66.0 Å². The van der Waals surface area contributed by atoms with Crippen LogP contribution < -0.4 is 5.32 Å². The summed E-state index contributed by atoms with van der Waals surface area (Å²) in [6.07, 6.45) is 0. The van der Waals surface area contributed by atoms with E-state index in [-0.39, 0.29) is 6.04 Å². The lowest BCUT2D eigenvalue weighted by Crippen LogP contribution is -2.18. The van der Waals surface area contributed by atoms with Crippen LogP contribution >= 0.6 is 59.4 Å². The van der Waals surface area contributed by atoms with Crippen LogP contribution in [0.1, 0.15) is 17.2 Å². The molecule has 2 aromatic carbocycles. The Labute approximate surface area is 143 Å². The maximum Gasteiger partial charge on any atom is 0.0597 e. The number of rotatable bonds is 3. The van der Waals surface area contributed by atoms with Gasteiger partial charge in [-0.05, 0) is 48.5 Å². The predicted molar refractivity (Wildman–Crippen MR) is 91.9 cm³/mol. The zero-order valence-electron chi connectivity index (χ0n) is 10.1. The van der Waals surface area contributed by atoms with Crippen molar-refractivity contribution in [2.75, 3.05) is 7.05 Å². The molecule has 5 heteroatoms. The van der Waals surface area contributed by atoms with Crippen LogP contribution in [0.3, 0.4) is 0 Å². The van der Waals surface area contributed by atoms with Gasteiger partial charge in [-0.1, -0.05) is 65.5 Å². The quantitative estimate of drug-likeness (QED) is 0.588. The molecule has 0 saturated heterocycles. The summed E-state index contributed by atoms with van der Waals surface area (Å²) in [7, 11) is 1.94. The fraction of sp³-hybridized carbons (Fsp3) is 0.143. The smallest absolute Gasteiger partial charge is 0.0597 e. The van der Waals surface area contributed by atoms with Crippen LogP contribution in [0.4, 0.5) is 0 Å². The molecule has 0 radical (unpaired) electrons. The maximum absolute atomic E-state index is 6.00. The van der Waals surface area contributed by atoms with Gasteiger partial charge in [-0.3, -0.25) is 0 Å². The Balaban J connectivity index is 2.52. The van der Waals surface area contributed by atoms with E-state index in [1.165, 1.54) is 5.56 Å². The van der Waals surface area contributed by atoms with Crippen molar-refractivity contribution >= 4 is 59.4 Å². The third kappa shape index (κ3) is 3.61. The SMILES string of the molecule is CNC(c1ccc(Cl)cc1Br)c1cc(Br)ccc1Br. The summed E-state index contributed by atoms with van der Waals surface area (Å²) in [5.41, 5.74) is 2.31. The summed E-state index contributed by atoms with van der Waals surface area (Å²) >= 11 is 16.7. The second-order valence-corrected chi connectivity index (χ2v) is 7.11. The molecule has 1 N–H and O–H groups in total. The van der Waals surface area contributed by atoms with Crippen LogP contribution in [0.2, 0.25) is 5.02 Å². The van der Waals surface area contributed by atoms with Gasteiger partial charge < -0.3 is 5.32 Å². The molecule has 2 rings (SSSR count). The number of hydrogen-bond donors (Lipinski definition) is 1. The van der Waals surface area contributed by atoms with Crippen LogP contribution in [0.25, 0.3) is 0 Å². The third-order valence-corrected chi connectivity index (χ3v) is 4.97. The van der Waals surface area contributed by atoms with Gasteiger partial charge in [-0.15, -0.1) is 0 Å². The summed E-state index contributed by atoms with van der Waals surface area (Å²) in [6.45, 7) is 0. The van der Waals surface area contributed by atoms with Crippen molar-refractivity contribution in [3.8, 4) is 0 Å². The normalized spacial score (nSPS) is 12.5. The fourth-order valence-corrected chi connectivity index (χ4v) is 3.72. The van der Waals surface area contributed by atoms with Gasteiger partial charge in [0.05, 0.1) is 6.04 Å². The van der Waals surface area contributed by atoms with Gasteiger partial charge in [0.2, 0.25) is 0 Å². The molecule has 0 aliphatic rings. The fourth-order valence-electron chi connectivity index (χ4n) is 1.95. The van der Waals surface area contributed by atoms with E-state index in [1.54, 1.807) is 0 Å². The van der Waals surface area contributed by atoms with E-state index in [1.807, 2.05) is 37.4 Å². The van der Waals surface area contributed by atoms with Crippen molar-refractivity contribution in [2.24, 2.45) is 0 Å². The van der Waals surface area contributed by atoms with Crippen molar-refractivity contribution in [2.45, 2.75) is 6.04 Å². The first-order valence-electron chi connectivity index (χ1n) is 5.60. The Morgan fingerprint density at radius 2 is 1.68 bits per heavy atom. The predicted octanol–water partition coefficient (Wildman–Crippen LogP) is 5.94. The molecule has 0 amide bonds. The molecule has 0 saturated carbocycles. The molecule has 0 spiro atoms. The van der Waals surface area contributed by atoms with E-state index in [0.717, 1.165) is 24.0 Å². The second-order valence-electron chi connectivity index (χ2n) is 4.05. The molecular formula is C14H11Br3ClN. The minimum atomic E-state index is 0.0820. The Bertz CT molecular complexity index is 601. The summed E-state index contributed by atoms with van der Waals surface area (Å²) in [5, 5.41) is 4.06. The summed E-state index contributed by atoms with van der Waals surface area (Å²) in [6, 6.07) is 12.1. The van der Waals surface area contributed by atoms with Gasteiger partial charge in [-0.25, -0.2) is 0 Å². The van der Waals surface area contributed by atoms with Crippen LogP contribution in [0.15, 0.2) is 49.8 Å². The highest BCUT2D eigenvalue weighted by molar-refractivity contribution is 9.11. The van der Waals surface area contributed by atoms with E-state index >= 15 is 0 Å². The van der Waals surface area contributed by atoms with E-state index in [9.17, 15) is 0 Å². The lowest BCUT2D eigenvalue weighted by Gasteiger charge is -2.20. The molecule has 1 atom stereocenters. The Hall–Kier alpha value is 0.130.